The number of nitrogens with zero attached hydrogens (tertiary/aromatic N) is 3. The van der Waals surface area contributed by atoms with Gasteiger partial charge in [0.15, 0.2) is 0 Å². The third-order valence-electron chi connectivity index (χ3n) is 3.68. The zero-order valence-electron chi connectivity index (χ0n) is 14.0. The van der Waals surface area contributed by atoms with E-state index in [4.69, 9.17) is 0 Å². The molecule has 3 aromatic rings. The molecule has 0 spiro atoms. The van der Waals surface area contributed by atoms with E-state index >= 15 is 0 Å². The normalized spacial score (nSPS) is 10.4. The molecule has 0 saturated carbocycles. The molecule has 1 heterocycles. The Kier molecular flexibility index (Phi) is 5.17. The number of carbonyl (C=O) groups excluding carboxylic acids is 1. The third-order valence-corrected chi connectivity index (χ3v) is 3.68. The molecule has 0 unspecified atom stereocenters. The lowest BCUT2D eigenvalue weighted by Gasteiger charge is -2.18. The highest BCUT2D eigenvalue weighted by molar-refractivity contribution is 6.02. The first-order chi connectivity index (χ1) is 12.5. The maximum atomic E-state index is 13.0. The molecule has 0 atom stereocenters. The minimum atomic E-state index is -0.443. The van der Waals surface area contributed by atoms with Crippen molar-refractivity contribution in [2.75, 3.05) is 17.3 Å². The number of anilines is 2. The van der Waals surface area contributed by atoms with Crippen molar-refractivity contribution < 1.29 is 13.6 Å². The van der Waals surface area contributed by atoms with Crippen molar-refractivity contribution in [1.82, 2.24) is 9.97 Å². The molecule has 0 bridgehead atoms. The van der Waals surface area contributed by atoms with Gasteiger partial charge in [-0.3, -0.25) is 9.78 Å². The minimum absolute atomic E-state index is 0.137. The van der Waals surface area contributed by atoms with Crippen molar-refractivity contribution in [3.05, 3.63) is 83.8 Å². The van der Waals surface area contributed by atoms with Crippen LogP contribution in [0.4, 0.5) is 20.3 Å². The number of rotatable bonds is 5. The average Bonchev–Trinajstić information content (AvgIpc) is 2.65. The van der Waals surface area contributed by atoms with Crippen LogP contribution in [0.2, 0.25) is 0 Å². The molecule has 2 aromatic carbocycles. The van der Waals surface area contributed by atoms with Crippen molar-refractivity contribution in [2.24, 2.45) is 0 Å². The molecular formula is C19H16F2N4O. The van der Waals surface area contributed by atoms with Gasteiger partial charge in [-0.25, -0.2) is 13.8 Å². The summed E-state index contributed by atoms with van der Waals surface area (Å²) >= 11 is 0. The van der Waals surface area contributed by atoms with Crippen LogP contribution in [0.3, 0.4) is 0 Å². The molecule has 1 amide bonds. The maximum absolute atomic E-state index is 13.0. The van der Waals surface area contributed by atoms with Gasteiger partial charge in [0.05, 0.1) is 12.4 Å². The first kappa shape index (κ1) is 17.5. The number of halogens is 2. The summed E-state index contributed by atoms with van der Waals surface area (Å²) < 4.78 is 25.9. The van der Waals surface area contributed by atoms with E-state index in [1.165, 1.54) is 48.8 Å². The van der Waals surface area contributed by atoms with E-state index < -0.39 is 5.91 Å². The molecular weight excluding hydrogens is 338 g/mol. The Morgan fingerprint density at radius 2 is 1.62 bits per heavy atom. The molecule has 0 fully saturated rings. The minimum Gasteiger partial charge on any atom is -0.354 e. The van der Waals surface area contributed by atoms with Crippen LogP contribution in [0.5, 0.6) is 0 Å². The topological polar surface area (TPSA) is 58.1 Å². The summed E-state index contributed by atoms with van der Waals surface area (Å²) in [5.74, 6) is -0.620. The molecule has 0 aliphatic rings. The van der Waals surface area contributed by atoms with E-state index in [1.807, 2.05) is 0 Å². The van der Waals surface area contributed by atoms with Gasteiger partial charge in [0.25, 0.3) is 5.91 Å². The summed E-state index contributed by atoms with van der Waals surface area (Å²) in [7, 11) is 1.80. The molecule has 0 radical (unpaired) electrons. The molecule has 0 aliphatic heterocycles. The number of nitrogens with one attached hydrogen (secondary N) is 1. The highest BCUT2D eigenvalue weighted by atomic mass is 19.1. The van der Waals surface area contributed by atoms with Crippen LogP contribution >= 0.6 is 0 Å². The summed E-state index contributed by atoms with van der Waals surface area (Å²) in [6.07, 6.45) is 2.90. The van der Waals surface area contributed by atoms with Gasteiger partial charge in [-0.2, -0.15) is 0 Å². The van der Waals surface area contributed by atoms with E-state index in [2.05, 4.69) is 15.3 Å². The summed E-state index contributed by atoms with van der Waals surface area (Å²) in [6.45, 7) is 0.484. The molecule has 1 N–H and O–H groups in total. The average molecular weight is 354 g/mol. The lowest BCUT2D eigenvalue weighted by Crippen LogP contribution is -2.20. The second kappa shape index (κ2) is 7.69. The van der Waals surface area contributed by atoms with Gasteiger partial charge in [-0.1, -0.05) is 12.1 Å². The molecule has 1 aromatic heterocycles. The summed E-state index contributed by atoms with van der Waals surface area (Å²) in [5.41, 5.74) is 1.50. The van der Waals surface area contributed by atoms with Crippen LogP contribution in [0.1, 0.15) is 16.1 Å². The smallest absolute Gasteiger partial charge is 0.275 e. The molecule has 26 heavy (non-hydrogen) atoms. The second-order valence-electron chi connectivity index (χ2n) is 5.71. The Bertz CT molecular complexity index is 898. The Hall–Kier alpha value is -3.35. The predicted molar refractivity (Wildman–Crippen MR) is 94.9 cm³/mol. The molecule has 0 aliphatic carbocycles. The van der Waals surface area contributed by atoms with E-state index in [-0.39, 0.29) is 17.3 Å². The first-order valence-electron chi connectivity index (χ1n) is 7.86. The quantitative estimate of drug-likeness (QED) is 0.760. The summed E-state index contributed by atoms with van der Waals surface area (Å²) in [5, 5.41) is 2.64. The molecule has 132 valence electrons. The van der Waals surface area contributed by atoms with Gasteiger partial charge >= 0.3 is 0 Å². The van der Waals surface area contributed by atoms with Gasteiger partial charge in [-0.05, 0) is 42.0 Å². The van der Waals surface area contributed by atoms with Gasteiger partial charge in [0.1, 0.15) is 23.1 Å². The van der Waals surface area contributed by atoms with Crippen molar-refractivity contribution in [1.29, 1.82) is 0 Å². The van der Waals surface area contributed by atoms with Gasteiger partial charge in [0.2, 0.25) is 0 Å². The van der Waals surface area contributed by atoms with Gasteiger partial charge < -0.3 is 10.2 Å². The monoisotopic (exact) mass is 354 g/mol. The van der Waals surface area contributed by atoms with Crippen LogP contribution in [0.25, 0.3) is 0 Å². The van der Waals surface area contributed by atoms with Crippen molar-refractivity contribution in [3.8, 4) is 0 Å². The number of hydrogen-bond donors (Lipinski definition) is 1. The molecule has 0 saturated heterocycles. The highest BCUT2D eigenvalue weighted by Gasteiger charge is 2.12. The third kappa shape index (κ3) is 4.38. The number of carbonyl (C=O) groups is 1. The molecule has 7 heteroatoms. The zero-order valence-corrected chi connectivity index (χ0v) is 14.0. The van der Waals surface area contributed by atoms with E-state index in [0.29, 0.717) is 18.1 Å². The Labute approximate surface area is 149 Å². The Morgan fingerprint density at radius 1 is 1.00 bits per heavy atom. The number of hydrogen-bond acceptors (Lipinski definition) is 4. The Balaban J connectivity index is 1.71. The first-order valence-corrected chi connectivity index (χ1v) is 7.86. The lowest BCUT2D eigenvalue weighted by molar-refractivity contribution is 0.102. The van der Waals surface area contributed by atoms with Crippen LogP contribution in [-0.2, 0) is 6.54 Å². The van der Waals surface area contributed by atoms with Crippen LogP contribution in [0, 0.1) is 11.6 Å². The Morgan fingerprint density at radius 3 is 2.27 bits per heavy atom. The molecule has 3 rings (SSSR count). The van der Waals surface area contributed by atoms with E-state index in [1.54, 1.807) is 24.1 Å². The standard InChI is InChI=1S/C19H16F2N4O/c1-25(12-13-2-4-14(20)5-3-13)18-11-22-10-17(24-18)19(26)23-16-8-6-15(21)7-9-16/h2-11H,12H2,1H3,(H,23,26). The lowest BCUT2D eigenvalue weighted by atomic mass is 10.2. The predicted octanol–water partition coefficient (Wildman–Crippen LogP) is 3.64. The van der Waals surface area contributed by atoms with Crippen molar-refractivity contribution >= 4 is 17.4 Å². The summed E-state index contributed by atoms with van der Waals surface area (Å²) in [6, 6.07) is 11.6. The van der Waals surface area contributed by atoms with Gasteiger partial charge in [0, 0.05) is 19.3 Å². The maximum Gasteiger partial charge on any atom is 0.275 e. The second-order valence-corrected chi connectivity index (χ2v) is 5.71. The van der Waals surface area contributed by atoms with E-state index in [9.17, 15) is 13.6 Å². The number of aromatic nitrogens is 2. The van der Waals surface area contributed by atoms with E-state index in [0.717, 1.165) is 5.56 Å². The zero-order chi connectivity index (χ0) is 18.5. The van der Waals surface area contributed by atoms with Crippen molar-refractivity contribution in [3.63, 3.8) is 0 Å². The fourth-order valence-electron chi connectivity index (χ4n) is 2.32. The number of amides is 1. The van der Waals surface area contributed by atoms with Gasteiger partial charge in [-0.15, -0.1) is 0 Å². The highest BCUT2D eigenvalue weighted by Crippen LogP contribution is 2.14. The van der Waals surface area contributed by atoms with Crippen LogP contribution < -0.4 is 10.2 Å². The fourth-order valence-corrected chi connectivity index (χ4v) is 2.32. The summed E-state index contributed by atoms with van der Waals surface area (Å²) in [4.78, 5) is 22.5. The fraction of sp³-hybridized carbons (Fsp3) is 0.105. The van der Waals surface area contributed by atoms with Crippen LogP contribution in [0.15, 0.2) is 60.9 Å². The molecule has 5 nitrogen and oxygen atoms in total. The largest absolute Gasteiger partial charge is 0.354 e. The van der Waals surface area contributed by atoms with Crippen LogP contribution in [-0.4, -0.2) is 22.9 Å². The SMILES string of the molecule is CN(Cc1ccc(F)cc1)c1cncc(C(=O)Nc2ccc(F)cc2)n1. The van der Waals surface area contributed by atoms with Crippen molar-refractivity contribution in [2.45, 2.75) is 6.54 Å². The number of benzene rings is 2.